The first-order valence-electron chi connectivity index (χ1n) is 9.27. The molecule has 30 heavy (non-hydrogen) atoms. The Morgan fingerprint density at radius 2 is 1.77 bits per heavy atom. The largest absolute Gasteiger partial charge is 0.496 e. The van der Waals surface area contributed by atoms with Gasteiger partial charge in [-0.1, -0.05) is 42.5 Å². The molecule has 150 valence electrons. The van der Waals surface area contributed by atoms with Crippen LogP contribution in [0.15, 0.2) is 76.9 Å². The van der Waals surface area contributed by atoms with Gasteiger partial charge in [0.2, 0.25) is 5.43 Å². The molecule has 0 fully saturated rings. The van der Waals surface area contributed by atoms with Crippen LogP contribution >= 0.6 is 11.3 Å². The molecule has 1 N–H and O–H groups in total. The number of carbonyl (C=O) groups excluding carboxylic acids is 1. The molecule has 2 aromatic heterocycles. The van der Waals surface area contributed by atoms with Crippen molar-refractivity contribution in [1.29, 1.82) is 0 Å². The summed E-state index contributed by atoms with van der Waals surface area (Å²) in [6.45, 7) is 1.66. The van der Waals surface area contributed by atoms with Crippen molar-refractivity contribution in [3.05, 3.63) is 92.9 Å². The fraction of sp³-hybridized carbons (Fsp3) is 0.0870. The molecular formula is C23H19N3O3S. The normalized spacial score (nSPS) is 10.6. The lowest BCUT2D eigenvalue weighted by molar-refractivity contribution is 0.102. The highest BCUT2D eigenvalue weighted by Gasteiger charge is 2.23. The van der Waals surface area contributed by atoms with Gasteiger partial charge < -0.3 is 10.1 Å². The average molecular weight is 417 g/mol. The second-order valence-electron chi connectivity index (χ2n) is 6.52. The predicted molar refractivity (Wildman–Crippen MR) is 119 cm³/mol. The van der Waals surface area contributed by atoms with Crippen molar-refractivity contribution >= 4 is 23.1 Å². The molecule has 0 bridgehead atoms. The summed E-state index contributed by atoms with van der Waals surface area (Å²) in [5.41, 5.74) is 1.68. The third-order valence-electron chi connectivity index (χ3n) is 4.61. The predicted octanol–water partition coefficient (Wildman–Crippen LogP) is 4.53. The Morgan fingerprint density at radius 3 is 2.47 bits per heavy atom. The number of thiophene rings is 1. The van der Waals surface area contributed by atoms with Crippen LogP contribution in [0.2, 0.25) is 0 Å². The van der Waals surface area contributed by atoms with Crippen LogP contribution < -0.4 is 15.5 Å². The molecule has 2 heterocycles. The number of hydrogen-bond donors (Lipinski definition) is 1. The quantitative estimate of drug-likeness (QED) is 0.518. The zero-order chi connectivity index (χ0) is 21.1. The van der Waals surface area contributed by atoms with Crippen molar-refractivity contribution < 1.29 is 9.53 Å². The minimum absolute atomic E-state index is 0.270. The third kappa shape index (κ3) is 3.62. The van der Waals surface area contributed by atoms with E-state index in [9.17, 15) is 9.59 Å². The van der Waals surface area contributed by atoms with Crippen molar-refractivity contribution in [3.63, 3.8) is 0 Å². The molecule has 4 rings (SSSR count). The Hall–Kier alpha value is -3.71. The Bertz CT molecular complexity index is 1250. The number of nitrogens with zero attached hydrogens (tertiary/aromatic N) is 2. The van der Waals surface area contributed by atoms with Gasteiger partial charge in [0.05, 0.1) is 23.2 Å². The Kier molecular flexibility index (Phi) is 5.45. The van der Waals surface area contributed by atoms with Crippen LogP contribution in [0, 0.1) is 6.92 Å². The Balaban J connectivity index is 2.01. The molecule has 0 unspecified atom stereocenters. The maximum Gasteiger partial charge on any atom is 0.266 e. The second-order valence-corrected chi connectivity index (χ2v) is 7.46. The van der Waals surface area contributed by atoms with Crippen LogP contribution in [0.5, 0.6) is 5.75 Å². The van der Waals surface area contributed by atoms with Gasteiger partial charge in [-0.25, -0.2) is 4.68 Å². The van der Waals surface area contributed by atoms with Crippen LogP contribution in [-0.2, 0) is 0 Å². The number of anilines is 1. The van der Waals surface area contributed by atoms with Gasteiger partial charge >= 0.3 is 0 Å². The van der Waals surface area contributed by atoms with Crippen LogP contribution in [0.25, 0.3) is 16.8 Å². The number of hydrogen-bond acceptors (Lipinski definition) is 5. The number of aryl methyl sites for hydroxylation is 1. The van der Waals surface area contributed by atoms with Gasteiger partial charge in [-0.05, 0) is 36.6 Å². The number of nitrogens with one attached hydrogen (secondary N) is 1. The summed E-state index contributed by atoms with van der Waals surface area (Å²) < 4.78 is 7.08. The second kappa shape index (κ2) is 8.34. The molecule has 6 nitrogen and oxygen atoms in total. The zero-order valence-corrected chi connectivity index (χ0v) is 17.3. The zero-order valence-electron chi connectivity index (χ0n) is 16.5. The van der Waals surface area contributed by atoms with Crippen LogP contribution in [0.3, 0.4) is 0 Å². The first kappa shape index (κ1) is 19.6. The first-order valence-corrected chi connectivity index (χ1v) is 10.2. The summed E-state index contributed by atoms with van der Waals surface area (Å²) in [5, 5.41) is 9.21. The van der Waals surface area contributed by atoms with E-state index < -0.39 is 0 Å². The van der Waals surface area contributed by atoms with Crippen molar-refractivity contribution in [1.82, 2.24) is 9.78 Å². The lowest BCUT2D eigenvalue weighted by Gasteiger charge is -2.19. The number of ether oxygens (including phenoxy) is 1. The lowest BCUT2D eigenvalue weighted by Crippen LogP contribution is -2.24. The van der Waals surface area contributed by atoms with Crippen molar-refractivity contribution in [2.45, 2.75) is 6.92 Å². The van der Waals surface area contributed by atoms with Gasteiger partial charge in [0.25, 0.3) is 5.91 Å². The summed E-state index contributed by atoms with van der Waals surface area (Å²) in [5.74, 6) is 0.516. The highest BCUT2D eigenvalue weighted by atomic mass is 32.1. The summed E-state index contributed by atoms with van der Waals surface area (Å²) in [6.07, 6.45) is 0. The van der Waals surface area contributed by atoms with E-state index in [1.54, 1.807) is 43.0 Å². The molecule has 0 saturated carbocycles. The maximum absolute atomic E-state index is 13.2. The molecule has 0 aliphatic heterocycles. The molecule has 0 spiro atoms. The highest BCUT2D eigenvalue weighted by Crippen LogP contribution is 2.34. The van der Waals surface area contributed by atoms with Crippen LogP contribution in [0.4, 0.5) is 5.82 Å². The van der Waals surface area contributed by atoms with Gasteiger partial charge in [-0.2, -0.15) is 5.10 Å². The fourth-order valence-corrected chi connectivity index (χ4v) is 3.81. The van der Waals surface area contributed by atoms with Crippen molar-refractivity contribution in [2.75, 3.05) is 12.4 Å². The molecule has 0 saturated heterocycles. The van der Waals surface area contributed by atoms with Gasteiger partial charge in [0, 0.05) is 5.56 Å². The summed E-state index contributed by atoms with van der Waals surface area (Å²) in [4.78, 5) is 26.7. The van der Waals surface area contributed by atoms with Gasteiger partial charge in [0.15, 0.2) is 0 Å². The van der Waals surface area contributed by atoms with Gasteiger partial charge in [0.1, 0.15) is 17.3 Å². The number of amides is 1. The highest BCUT2D eigenvalue weighted by molar-refractivity contribution is 7.12. The molecule has 7 heteroatoms. The third-order valence-corrected chi connectivity index (χ3v) is 5.48. The lowest BCUT2D eigenvalue weighted by atomic mass is 10.0. The van der Waals surface area contributed by atoms with Crippen molar-refractivity contribution in [2.24, 2.45) is 0 Å². The Labute approximate surface area is 177 Å². The standard InChI is InChI=1S/C23H19N3O3S/c1-15-21(27)20(17-11-6-7-12-18(17)29-2)22(24-23(28)19-13-8-14-30-19)26(25-15)16-9-4-3-5-10-16/h3-14H,1-2H3,(H,24,28). The number of rotatable bonds is 5. The van der Waals surface area contributed by atoms with E-state index in [1.807, 2.05) is 47.8 Å². The number of benzene rings is 2. The Morgan fingerprint density at radius 1 is 1.03 bits per heavy atom. The monoisotopic (exact) mass is 417 g/mol. The van der Waals surface area contributed by atoms with E-state index in [0.29, 0.717) is 33.3 Å². The SMILES string of the molecule is COc1ccccc1-c1c(NC(=O)c2cccs2)n(-c2ccccc2)nc(C)c1=O. The van der Waals surface area contributed by atoms with E-state index in [2.05, 4.69) is 10.4 Å². The molecule has 0 aliphatic rings. The van der Waals surface area contributed by atoms with E-state index >= 15 is 0 Å². The van der Waals surface area contributed by atoms with E-state index in [4.69, 9.17) is 4.74 Å². The molecule has 2 aromatic carbocycles. The number of methoxy groups -OCH3 is 1. The topological polar surface area (TPSA) is 73.2 Å². The minimum Gasteiger partial charge on any atom is -0.496 e. The molecule has 0 atom stereocenters. The van der Waals surface area contributed by atoms with E-state index in [0.717, 1.165) is 5.69 Å². The molecule has 0 radical (unpaired) electrons. The molecular weight excluding hydrogens is 398 g/mol. The molecule has 0 aliphatic carbocycles. The molecule has 1 amide bonds. The summed E-state index contributed by atoms with van der Waals surface area (Å²) in [6, 6.07) is 20.1. The minimum atomic E-state index is -0.309. The number of para-hydroxylation sites is 2. The van der Waals surface area contributed by atoms with Gasteiger partial charge in [-0.3, -0.25) is 9.59 Å². The van der Waals surface area contributed by atoms with Gasteiger partial charge in [-0.15, -0.1) is 11.3 Å². The summed E-state index contributed by atoms with van der Waals surface area (Å²) >= 11 is 1.32. The van der Waals surface area contributed by atoms with Crippen molar-refractivity contribution in [3.8, 4) is 22.6 Å². The number of carbonyl (C=O) groups is 1. The van der Waals surface area contributed by atoms with E-state index in [-0.39, 0.29) is 11.3 Å². The fourth-order valence-electron chi connectivity index (χ4n) is 3.19. The van der Waals surface area contributed by atoms with Crippen LogP contribution in [0.1, 0.15) is 15.4 Å². The van der Waals surface area contributed by atoms with E-state index in [1.165, 1.54) is 11.3 Å². The smallest absolute Gasteiger partial charge is 0.266 e. The summed E-state index contributed by atoms with van der Waals surface area (Å²) in [7, 11) is 1.55. The van der Waals surface area contributed by atoms with Crippen LogP contribution in [-0.4, -0.2) is 22.8 Å². The average Bonchev–Trinajstić information content (AvgIpc) is 3.32. The number of aromatic nitrogens is 2. The first-order chi connectivity index (χ1) is 14.6. The molecule has 4 aromatic rings. The maximum atomic E-state index is 13.2.